The van der Waals surface area contributed by atoms with Crippen molar-refractivity contribution in [3.8, 4) is 0 Å². The number of phosphoric acid groups is 3. The van der Waals surface area contributed by atoms with Gasteiger partial charge in [0.2, 0.25) is 17.8 Å². The maximum Gasteiger partial charge on any atom is 0.472 e. The molecule has 0 amide bonds. The minimum Gasteiger partial charge on any atom is -0.387 e. The van der Waals surface area contributed by atoms with Gasteiger partial charge in [0, 0.05) is 14.7 Å². The van der Waals surface area contributed by atoms with E-state index in [9.17, 15) is 64.8 Å². The highest BCUT2D eigenvalue weighted by Crippen LogP contribution is 2.54. The summed E-state index contributed by atoms with van der Waals surface area (Å²) in [4.78, 5) is 84.8. The number of fused-ring (bicyclic) bond motifs is 3. The molecule has 9 heterocycles. The van der Waals surface area contributed by atoms with Gasteiger partial charge in [-0.05, 0) is 31.9 Å². The summed E-state index contributed by atoms with van der Waals surface area (Å²) in [7, 11) is -16.5. The molecule has 0 aliphatic carbocycles. The van der Waals surface area contributed by atoms with Gasteiger partial charge >= 0.3 is 23.5 Å². The molecule has 9 rings (SSSR count). The van der Waals surface area contributed by atoms with Crippen LogP contribution in [0, 0.1) is 0 Å². The van der Waals surface area contributed by atoms with Crippen molar-refractivity contribution in [2.24, 2.45) is 15.3 Å². The third-order valence-electron chi connectivity index (χ3n) is 11.3. The first-order valence-electron chi connectivity index (χ1n) is 20.9. The largest absolute Gasteiger partial charge is 0.472 e. The van der Waals surface area contributed by atoms with Gasteiger partial charge in [-0.25, -0.2) is 58.6 Å². The molecule has 11 unspecified atom stereocenters. The quantitative estimate of drug-likeness (QED) is 0.0207. The molecule has 76 heavy (non-hydrogen) atoms. The lowest BCUT2D eigenvalue weighted by Gasteiger charge is -2.25. The molecule has 3 aliphatic rings. The molecule has 14 N–H and O–H groups in total. The SMILES string of the molecule is [N-]=[N+]=Nc1nc2c(N)ncnc2n1C1OC(COP(=O)(O)O)C(O)C1OP(=O)(O)OCC1OC(n2c(N=[N+]=[N-])nc3c(N)ncnc32)C(OP(=O)(O)OC[C@H]2OC(n3c(N=[N+]=[N-])nc4c(N)ncnc43)[C@H](O)[C@@H]2O)C1O. The Morgan fingerprint density at radius 3 is 1.21 bits per heavy atom. The highest BCUT2D eigenvalue weighted by molar-refractivity contribution is 7.47. The predicted octanol–water partition coefficient (Wildman–Crippen LogP) is -0.672. The van der Waals surface area contributed by atoms with Crippen molar-refractivity contribution in [2.45, 2.75) is 73.6 Å². The standard InChI is InChI=1S/C30H35N24O19P3/c31-19-10-22(40-4-37-19)52(28(43-10)46-49-34)25-16(58)13(55)7(69-25)2-67-75(62,63)73-18-15(57)9(71-27(18)54-24-12(21(33)39-6-42-24)45-30(54)48-51-36)3-68-76(64,65)72-17-14(56)8(1-66-74(59,60)61)70-26(17)53-23-11(20(32)38-5-41-23)44-29(53)47-50-35/h4-9,13-18,25-27,55-58H,1-3H2,(H,62,63)(H,64,65)(H2,31,37,40)(H2,32,38,41)(H2,33,39,42)(H2,59,60,61)/t7-,8?,9?,13-,14?,15?,16-,17?,18?,25?,26?,27?/m1/s1. The number of phosphoric ester groups is 3. The average molecular weight is 1130 g/mol. The van der Waals surface area contributed by atoms with E-state index in [2.05, 4.69) is 79.5 Å². The van der Waals surface area contributed by atoms with Crippen molar-refractivity contribution in [3.63, 3.8) is 0 Å². The molecule has 0 radical (unpaired) electrons. The molecule has 0 saturated carbocycles. The summed E-state index contributed by atoms with van der Waals surface area (Å²) >= 11 is 0. The van der Waals surface area contributed by atoms with Crippen molar-refractivity contribution in [2.75, 3.05) is 37.0 Å². The Hall–Kier alpha value is -6.97. The topological polar surface area (TPSA) is 642 Å². The van der Waals surface area contributed by atoms with Crippen molar-refractivity contribution in [3.05, 3.63) is 50.3 Å². The van der Waals surface area contributed by atoms with Crippen LogP contribution in [0.4, 0.5) is 35.3 Å². The molecule has 46 heteroatoms. The number of hydrogen-bond acceptors (Lipinski definition) is 30. The minimum absolute atomic E-state index is 0.0849. The van der Waals surface area contributed by atoms with Crippen molar-refractivity contribution >= 4 is 92.3 Å². The summed E-state index contributed by atoms with van der Waals surface area (Å²) in [5, 5.41) is 55.5. The normalized spacial score (nSPS) is 28.3. The van der Waals surface area contributed by atoms with E-state index in [4.69, 9.17) is 55.0 Å². The highest BCUT2D eigenvalue weighted by atomic mass is 31.2. The highest BCUT2D eigenvalue weighted by Gasteiger charge is 2.54. The van der Waals surface area contributed by atoms with Crippen LogP contribution in [0.3, 0.4) is 0 Å². The van der Waals surface area contributed by atoms with Crippen LogP contribution >= 0.6 is 23.5 Å². The fraction of sp³-hybridized carbons (Fsp3) is 0.500. The van der Waals surface area contributed by atoms with Crippen LogP contribution in [0.15, 0.2) is 34.3 Å². The molecule has 3 aliphatic heterocycles. The van der Waals surface area contributed by atoms with Gasteiger partial charge in [0.1, 0.15) is 73.9 Å². The molecule has 404 valence electrons. The summed E-state index contributed by atoms with van der Waals surface area (Å²) < 4.78 is 85.1. The van der Waals surface area contributed by atoms with Gasteiger partial charge in [-0.1, -0.05) is 0 Å². The number of nitrogens with zero attached hydrogens (tertiary/aromatic N) is 21. The van der Waals surface area contributed by atoms with Crippen LogP contribution < -0.4 is 17.2 Å². The second-order valence-corrected chi connectivity index (χ2v) is 19.9. The molecule has 6 aromatic heterocycles. The first-order chi connectivity index (χ1) is 36.0. The number of aromatic nitrogens is 12. The van der Waals surface area contributed by atoms with Crippen LogP contribution in [0.5, 0.6) is 0 Å². The number of aliphatic hydroxyl groups excluding tert-OH is 4. The molecule has 43 nitrogen and oxygen atoms in total. The Morgan fingerprint density at radius 1 is 0.526 bits per heavy atom. The van der Waals surface area contributed by atoms with Crippen LogP contribution in [-0.2, 0) is 50.5 Å². The van der Waals surface area contributed by atoms with E-state index in [0.717, 1.165) is 32.7 Å². The predicted molar refractivity (Wildman–Crippen MR) is 241 cm³/mol. The summed E-state index contributed by atoms with van der Waals surface area (Å²) in [6.07, 6.45) is -20.7. The zero-order chi connectivity index (χ0) is 54.6. The van der Waals surface area contributed by atoms with Crippen LogP contribution in [0.1, 0.15) is 18.7 Å². The third kappa shape index (κ3) is 10.4. The molecule has 0 spiro atoms. The molecule has 6 aromatic rings. The number of rotatable bonds is 19. The Balaban J connectivity index is 0.978. The Morgan fingerprint density at radius 2 is 0.855 bits per heavy atom. The summed E-state index contributed by atoms with van der Waals surface area (Å²) in [5.41, 5.74) is 44.5. The van der Waals surface area contributed by atoms with Gasteiger partial charge in [0.05, 0.1) is 19.8 Å². The van der Waals surface area contributed by atoms with Crippen LogP contribution in [0.2, 0.25) is 0 Å². The Kier molecular flexibility index (Phi) is 14.8. The first-order valence-corrected chi connectivity index (χ1v) is 25.4. The van der Waals surface area contributed by atoms with Crippen molar-refractivity contribution < 1.29 is 90.5 Å². The monoisotopic (exact) mass is 1130 g/mol. The van der Waals surface area contributed by atoms with Crippen molar-refractivity contribution in [1.29, 1.82) is 0 Å². The Labute approximate surface area is 417 Å². The van der Waals surface area contributed by atoms with E-state index < -0.39 is 135 Å². The lowest BCUT2D eigenvalue weighted by Crippen LogP contribution is -2.37. The fourth-order valence-electron chi connectivity index (χ4n) is 8.09. The fourth-order valence-corrected chi connectivity index (χ4v) is 10.3. The van der Waals surface area contributed by atoms with Gasteiger partial charge < -0.3 is 71.4 Å². The van der Waals surface area contributed by atoms with Crippen LogP contribution in [-0.4, -0.2) is 173 Å². The zero-order valence-corrected chi connectivity index (χ0v) is 40.0. The zero-order valence-electron chi connectivity index (χ0n) is 37.3. The smallest absolute Gasteiger partial charge is 0.387 e. The first kappa shape index (κ1) is 53.8. The Bertz CT molecular complexity index is 3530. The number of azide groups is 3. The van der Waals surface area contributed by atoms with E-state index in [1.165, 1.54) is 0 Å². The molecular weight excluding hydrogens is 1090 g/mol. The van der Waals surface area contributed by atoms with Gasteiger partial charge in [-0.15, -0.1) is 0 Å². The molecule has 3 fully saturated rings. The van der Waals surface area contributed by atoms with E-state index in [0.29, 0.717) is 0 Å². The summed E-state index contributed by atoms with van der Waals surface area (Å²) in [6, 6.07) is 0. The maximum atomic E-state index is 13.9. The van der Waals surface area contributed by atoms with E-state index in [1.54, 1.807) is 0 Å². The van der Waals surface area contributed by atoms with Crippen LogP contribution in [0.25, 0.3) is 64.8 Å². The number of nitrogen functional groups attached to an aromatic ring is 3. The number of anilines is 3. The molecule has 0 aromatic carbocycles. The molecule has 0 bridgehead atoms. The van der Waals surface area contributed by atoms with Crippen molar-refractivity contribution in [1.82, 2.24) is 58.6 Å². The second kappa shape index (κ2) is 20.9. The molecular formula is C30H35N24O19P3. The number of aliphatic hydroxyl groups is 4. The number of ether oxygens (including phenoxy) is 3. The molecule has 3 saturated heterocycles. The minimum atomic E-state index is -5.68. The number of nitrogens with two attached hydrogens (primary N) is 3. The van der Waals surface area contributed by atoms with Gasteiger partial charge in [-0.3, -0.25) is 36.3 Å². The molecule has 14 atom stereocenters. The number of imidazole rings is 3. The summed E-state index contributed by atoms with van der Waals surface area (Å²) in [5.74, 6) is -2.38. The van der Waals surface area contributed by atoms with Gasteiger partial charge in [0.15, 0.2) is 69.6 Å². The maximum absolute atomic E-state index is 13.9. The van der Waals surface area contributed by atoms with Gasteiger partial charge in [0.25, 0.3) is 0 Å². The second-order valence-electron chi connectivity index (χ2n) is 15.8. The van der Waals surface area contributed by atoms with E-state index in [-0.39, 0.29) is 50.9 Å². The third-order valence-corrected chi connectivity index (χ3v) is 13.8. The summed E-state index contributed by atoms with van der Waals surface area (Å²) in [6.45, 7) is -3.38. The lowest BCUT2D eigenvalue weighted by atomic mass is 10.1. The van der Waals surface area contributed by atoms with E-state index >= 15 is 0 Å². The lowest BCUT2D eigenvalue weighted by molar-refractivity contribution is -0.0636. The number of hydrogen-bond donors (Lipinski definition) is 11. The van der Waals surface area contributed by atoms with Gasteiger partial charge in [-0.2, -0.15) is 0 Å². The average Bonchev–Trinajstić information content (AvgIpc) is 4.20. The van der Waals surface area contributed by atoms with E-state index in [1.807, 2.05) is 0 Å².